The summed E-state index contributed by atoms with van der Waals surface area (Å²) in [6.45, 7) is 12.4. The molecule has 2 aromatic heterocycles. The van der Waals surface area contributed by atoms with E-state index in [-0.39, 0.29) is 17.4 Å². The van der Waals surface area contributed by atoms with Crippen molar-refractivity contribution in [3.05, 3.63) is 46.5 Å². The van der Waals surface area contributed by atoms with Crippen molar-refractivity contribution >= 4 is 63.0 Å². The van der Waals surface area contributed by atoms with Crippen molar-refractivity contribution in [1.82, 2.24) is 24.7 Å². The number of halogens is 2. The van der Waals surface area contributed by atoms with Gasteiger partial charge in [-0.25, -0.2) is 14.2 Å². The van der Waals surface area contributed by atoms with E-state index in [4.69, 9.17) is 19.3 Å². The number of ether oxygens (including phenoxy) is 3. The standard InChI is InChI=1S/C25H32BrIN6O4S2.C3H8O/c1-16-12-28-22(29-13-16)10-17(2)39(34)32(8-9-38-27)24-31-30-23(20-11-19(35-5)6-7-21(20)26)33(24)18-14-36-25(3,4)37-15-18;1-3(2)4/h6-7,11-13,17-18H,8-10,14-15H2,1-5H3;3-4H,1-2H3. The van der Waals surface area contributed by atoms with Crippen molar-refractivity contribution in [3.8, 4) is 17.1 Å². The number of methoxy groups -OCH3 is 1. The Bertz CT molecular complexity index is 1330. The highest BCUT2D eigenvalue weighted by Crippen LogP contribution is 2.37. The van der Waals surface area contributed by atoms with Gasteiger partial charge in [0.2, 0.25) is 5.95 Å². The molecular formula is C28H40BrIN6O5S2. The van der Waals surface area contributed by atoms with Gasteiger partial charge in [0.25, 0.3) is 0 Å². The van der Waals surface area contributed by atoms with Crippen molar-refractivity contribution in [2.75, 3.05) is 36.9 Å². The molecule has 11 nitrogen and oxygen atoms in total. The third kappa shape index (κ3) is 10.3. The maximum atomic E-state index is 14.1. The number of benzene rings is 1. The van der Waals surface area contributed by atoms with E-state index in [1.165, 1.54) is 0 Å². The molecule has 2 atom stereocenters. The first-order valence-electron chi connectivity index (χ1n) is 13.8. The molecule has 4 rings (SSSR count). The third-order valence-electron chi connectivity index (χ3n) is 6.16. The maximum Gasteiger partial charge on any atom is 0.239 e. The van der Waals surface area contributed by atoms with Gasteiger partial charge in [0.05, 0.1) is 31.6 Å². The van der Waals surface area contributed by atoms with E-state index in [9.17, 15) is 4.21 Å². The van der Waals surface area contributed by atoms with Crippen molar-refractivity contribution in [2.45, 2.75) is 71.1 Å². The summed E-state index contributed by atoms with van der Waals surface area (Å²) >= 11 is 5.92. The zero-order valence-corrected chi connectivity index (χ0v) is 30.9. The first-order chi connectivity index (χ1) is 20.4. The van der Waals surface area contributed by atoms with Crippen molar-refractivity contribution in [3.63, 3.8) is 0 Å². The second-order valence-corrected chi connectivity index (χ2v) is 15.8. The van der Waals surface area contributed by atoms with Crippen LogP contribution in [0.1, 0.15) is 52.0 Å². The Morgan fingerprint density at radius 1 is 1.23 bits per heavy atom. The second kappa shape index (κ2) is 16.8. The van der Waals surface area contributed by atoms with Crippen LogP contribution in [0.3, 0.4) is 0 Å². The van der Waals surface area contributed by atoms with E-state index in [1.807, 2.05) is 54.8 Å². The maximum absolute atomic E-state index is 14.1. The minimum Gasteiger partial charge on any atom is -0.497 e. The Balaban J connectivity index is 0.00000119. The Morgan fingerprint density at radius 3 is 2.44 bits per heavy atom. The lowest BCUT2D eigenvalue weighted by Gasteiger charge is -2.37. The van der Waals surface area contributed by atoms with Crippen LogP contribution in [0.4, 0.5) is 5.95 Å². The van der Waals surface area contributed by atoms with Gasteiger partial charge in [-0.2, -0.15) is 0 Å². The lowest BCUT2D eigenvalue weighted by atomic mass is 10.1. The average molecular weight is 812 g/mol. The van der Waals surface area contributed by atoms with Gasteiger partial charge in [-0.3, -0.25) is 8.87 Å². The molecule has 0 bridgehead atoms. The fourth-order valence-electron chi connectivity index (χ4n) is 4.07. The molecular weight excluding hydrogens is 771 g/mol. The summed E-state index contributed by atoms with van der Waals surface area (Å²) in [5.74, 6) is 2.50. The van der Waals surface area contributed by atoms with Crippen molar-refractivity contribution in [1.29, 1.82) is 0 Å². The molecule has 1 aliphatic heterocycles. The van der Waals surface area contributed by atoms with Crippen LogP contribution in [0.5, 0.6) is 5.75 Å². The molecule has 43 heavy (non-hydrogen) atoms. The molecule has 0 saturated carbocycles. The normalized spacial score (nSPS) is 16.3. The molecule has 0 amide bonds. The van der Waals surface area contributed by atoms with Gasteiger partial charge in [-0.15, -0.1) is 10.2 Å². The van der Waals surface area contributed by atoms with Gasteiger partial charge in [0.1, 0.15) is 22.6 Å². The van der Waals surface area contributed by atoms with Gasteiger partial charge in [-0.1, -0.05) is 24.9 Å². The molecule has 3 heterocycles. The number of aliphatic hydroxyl groups excluding tert-OH is 1. The van der Waals surface area contributed by atoms with Crippen LogP contribution >= 0.6 is 46.1 Å². The van der Waals surface area contributed by atoms with Gasteiger partial charge >= 0.3 is 0 Å². The molecule has 15 heteroatoms. The van der Waals surface area contributed by atoms with Crippen molar-refractivity contribution < 1.29 is 23.5 Å². The number of hydrogen-bond donors (Lipinski definition) is 1. The average Bonchev–Trinajstić information content (AvgIpc) is 3.38. The van der Waals surface area contributed by atoms with Gasteiger partial charge in [0.15, 0.2) is 11.6 Å². The molecule has 0 spiro atoms. The number of aryl methyl sites for hydroxylation is 1. The lowest BCUT2D eigenvalue weighted by molar-refractivity contribution is -0.258. The highest BCUT2D eigenvalue weighted by atomic mass is 127. The highest BCUT2D eigenvalue weighted by Gasteiger charge is 2.35. The summed E-state index contributed by atoms with van der Waals surface area (Å²) in [7, 11) is 1.82. The van der Waals surface area contributed by atoms with E-state index >= 15 is 0 Å². The molecule has 1 aromatic carbocycles. The highest BCUT2D eigenvalue weighted by molar-refractivity contribution is 14.2. The zero-order chi connectivity index (χ0) is 31.7. The van der Waals surface area contributed by atoms with Gasteiger partial charge < -0.3 is 19.3 Å². The van der Waals surface area contributed by atoms with E-state index in [0.717, 1.165) is 21.4 Å². The van der Waals surface area contributed by atoms with E-state index in [1.54, 1.807) is 42.3 Å². The number of anilines is 1. The molecule has 3 aromatic rings. The molecule has 238 valence electrons. The summed E-state index contributed by atoms with van der Waals surface area (Å²) in [6.07, 6.45) is 3.86. The van der Waals surface area contributed by atoms with Crippen LogP contribution < -0.4 is 9.04 Å². The number of aromatic nitrogens is 5. The van der Waals surface area contributed by atoms with E-state index in [0.29, 0.717) is 49.5 Å². The minimum atomic E-state index is -1.45. The molecule has 1 fully saturated rings. The Kier molecular flexibility index (Phi) is 14.1. The molecule has 1 aliphatic rings. The van der Waals surface area contributed by atoms with Crippen LogP contribution in [-0.2, 0) is 26.9 Å². The molecule has 0 radical (unpaired) electrons. The summed E-state index contributed by atoms with van der Waals surface area (Å²) in [4.78, 5) is 8.83. The van der Waals surface area contributed by atoms with Crippen LogP contribution in [0, 0.1) is 6.92 Å². The first kappa shape index (κ1) is 36.1. The van der Waals surface area contributed by atoms with Crippen LogP contribution in [0.25, 0.3) is 11.4 Å². The Hall–Kier alpha value is -1.37. The molecule has 0 aliphatic carbocycles. The fraction of sp³-hybridized carbons (Fsp3) is 0.571. The summed E-state index contributed by atoms with van der Waals surface area (Å²) < 4.78 is 36.3. The lowest BCUT2D eigenvalue weighted by Crippen LogP contribution is -2.42. The van der Waals surface area contributed by atoms with Gasteiger partial charge in [0, 0.05) is 47.3 Å². The second-order valence-electron chi connectivity index (χ2n) is 10.7. The molecule has 2 unspecified atom stereocenters. The number of hydrogen-bond acceptors (Lipinski definition) is 10. The predicted molar refractivity (Wildman–Crippen MR) is 184 cm³/mol. The third-order valence-corrected chi connectivity index (χ3v) is 10.1. The summed E-state index contributed by atoms with van der Waals surface area (Å²) in [6, 6.07) is 5.45. The Morgan fingerprint density at radius 2 is 1.86 bits per heavy atom. The molecule has 1 saturated heterocycles. The van der Waals surface area contributed by atoms with E-state index < -0.39 is 16.8 Å². The van der Waals surface area contributed by atoms with Crippen LogP contribution in [0.2, 0.25) is 0 Å². The van der Waals surface area contributed by atoms with E-state index in [2.05, 4.69) is 57.3 Å². The Labute approximate surface area is 281 Å². The van der Waals surface area contributed by atoms with Crippen molar-refractivity contribution in [2.24, 2.45) is 0 Å². The fourth-order valence-corrected chi connectivity index (χ4v) is 6.73. The molecule has 1 N–H and O–H groups in total. The quantitative estimate of drug-likeness (QED) is 0.241. The summed E-state index contributed by atoms with van der Waals surface area (Å²) in [5.41, 5.74) is 1.78. The van der Waals surface area contributed by atoms with Crippen LogP contribution in [0.15, 0.2) is 35.1 Å². The predicted octanol–water partition coefficient (Wildman–Crippen LogP) is 5.71. The largest absolute Gasteiger partial charge is 0.497 e. The monoisotopic (exact) mass is 810 g/mol. The number of rotatable bonds is 11. The minimum absolute atomic E-state index is 0.167. The van der Waals surface area contributed by atoms with Gasteiger partial charge in [-0.05, 0) is 86.5 Å². The SMILES string of the molecule is CC(C)O.COc1ccc(Br)c(-c2nnc(N(CCSI)S(=O)C(C)Cc3ncc(C)cn3)n2C2COC(C)(C)OC2)c1. The van der Waals surface area contributed by atoms with Crippen LogP contribution in [-0.4, -0.2) is 83.8 Å². The topological polar surface area (TPSA) is 125 Å². The number of nitrogens with zero attached hydrogens (tertiary/aromatic N) is 6. The first-order valence-corrected chi connectivity index (χ1v) is 19.3. The summed E-state index contributed by atoms with van der Waals surface area (Å²) in [5, 5.41) is 17.0. The smallest absolute Gasteiger partial charge is 0.239 e. The zero-order valence-electron chi connectivity index (χ0n) is 25.5. The number of aliphatic hydroxyl groups is 1.